The van der Waals surface area contributed by atoms with Crippen LogP contribution in [0.1, 0.15) is 29.9 Å². The van der Waals surface area contributed by atoms with Gasteiger partial charge in [-0.3, -0.25) is 4.79 Å². The number of amides is 1. The van der Waals surface area contributed by atoms with E-state index in [-0.39, 0.29) is 5.91 Å². The van der Waals surface area contributed by atoms with Crippen molar-refractivity contribution in [3.8, 4) is 11.8 Å². The molecule has 2 aromatic heterocycles. The maximum Gasteiger partial charge on any atom is 0.261 e. The van der Waals surface area contributed by atoms with Gasteiger partial charge in [0.05, 0.1) is 22.8 Å². The van der Waals surface area contributed by atoms with Crippen LogP contribution in [-0.2, 0) is 6.54 Å². The molecule has 0 bridgehead atoms. The van der Waals surface area contributed by atoms with Crippen LogP contribution in [0.2, 0.25) is 0 Å². The Balaban J connectivity index is 1.96. The van der Waals surface area contributed by atoms with Crippen molar-refractivity contribution in [1.29, 1.82) is 0 Å². The van der Waals surface area contributed by atoms with Crippen molar-refractivity contribution in [3.63, 3.8) is 0 Å². The third-order valence-corrected chi connectivity index (χ3v) is 4.94. The molecule has 0 unspecified atom stereocenters. The number of rotatable bonds is 3. The van der Waals surface area contributed by atoms with E-state index in [9.17, 15) is 4.79 Å². The number of hydrogen-bond acceptors (Lipinski definition) is 4. The first-order valence-corrected chi connectivity index (χ1v) is 7.86. The molecule has 2 rings (SSSR count). The minimum Gasteiger partial charge on any atom is -0.346 e. The van der Waals surface area contributed by atoms with E-state index in [1.54, 1.807) is 17.4 Å². The Morgan fingerprint density at radius 3 is 2.80 bits per heavy atom. The van der Waals surface area contributed by atoms with Gasteiger partial charge in [0.1, 0.15) is 0 Å². The fourth-order valence-electron chi connectivity index (χ4n) is 1.66. The molecule has 0 aliphatic carbocycles. The largest absolute Gasteiger partial charge is 0.346 e. The third-order valence-electron chi connectivity index (χ3n) is 2.78. The first kappa shape index (κ1) is 14.8. The number of thiophene rings is 2. The lowest BCUT2D eigenvalue weighted by atomic mass is 10.3. The van der Waals surface area contributed by atoms with Gasteiger partial charge in [-0.1, -0.05) is 11.8 Å². The van der Waals surface area contributed by atoms with Gasteiger partial charge in [0.2, 0.25) is 0 Å². The Morgan fingerprint density at radius 1 is 1.35 bits per heavy atom. The standard InChI is InChI=1S/C15H16N2OS2/c1-10-8-13(19-11(10)2)9-17-15(18)14-6-5-12(20-14)4-3-7-16/h5-6,8H,7,9,16H2,1-2H3,(H,17,18). The van der Waals surface area contributed by atoms with Gasteiger partial charge in [0.15, 0.2) is 0 Å². The molecule has 0 aromatic carbocycles. The molecule has 0 radical (unpaired) electrons. The van der Waals surface area contributed by atoms with Crippen LogP contribution < -0.4 is 11.1 Å². The number of carbonyl (C=O) groups is 1. The van der Waals surface area contributed by atoms with Gasteiger partial charge >= 0.3 is 0 Å². The van der Waals surface area contributed by atoms with Crippen LogP contribution in [0.25, 0.3) is 0 Å². The summed E-state index contributed by atoms with van der Waals surface area (Å²) in [7, 11) is 0. The molecule has 0 saturated heterocycles. The Bertz CT molecular complexity index is 654. The van der Waals surface area contributed by atoms with E-state index in [0.717, 1.165) is 4.88 Å². The Kier molecular flexibility index (Phi) is 4.96. The molecule has 3 nitrogen and oxygen atoms in total. The third kappa shape index (κ3) is 3.70. The van der Waals surface area contributed by atoms with E-state index in [1.807, 2.05) is 6.07 Å². The highest BCUT2D eigenvalue weighted by Crippen LogP contribution is 2.21. The molecule has 20 heavy (non-hydrogen) atoms. The highest BCUT2D eigenvalue weighted by Gasteiger charge is 2.09. The van der Waals surface area contributed by atoms with Crippen molar-refractivity contribution in [2.45, 2.75) is 20.4 Å². The zero-order valence-electron chi connectivity index (χ0n) is 11.4. The lowest BCUT2D eigenvalue weighted by Crippen LogP contribution is -2.21. The maximum atomic E-state index is 12.0. The SMILES string of the molecule is Cc1cc(CNC(=O)c2ccc(C#CCN)s2)sc1C. The van der Waals surface area contributed by atoms with Crippen molar-refractivity contribution >= 4 is 28.6 Å². The summed E-state index contributed by atoms with van der Waals surface area (Å²) in [4.78, 5) is 16.0. The maximum absolute atomic E-state index is 12.0. The molecular weight excluding hydrogens is 288 g/mol. The number of hydrogen-bond donors (Lipinski definition) is 2. The quantitative estimate of drug-likeness (QED) is 0.857. The van der Waals surface area contributed by atoms with Crippen LogP contribution in [0.15, 0.2) is 18.2 Å². The average Bonchev–Trinajstić information content (AvgIpc) is 3.01. The molecule has 0 fully saturated rings. The molecule has 0 atom stereocenters. The second-order valence-corrected chi connectivity index (χ2v) is 6.73. The molecule has 0 aliphatic heterocycles. The Labute approximate surface area is 126 Å². The lowest BCUT2D eigenvalue weighted by molar-refractivity contribution is 0.0955. The number of nitrogens with one attached hydrogen (secondary N) is 1. The fraction of sp³-hybridized carbons (Fsp3) is 0.267. The van der Waals surface area contributed by atoms with Gasteiger partial charge in [-0.25, -0.2) is 0 Å². The van der Waals surface area contributed by atoms with Crippen LogP contribution in [-0.4, -0.2) is 12.5 Å². The first-order chi connectivity index (χ1) is 9.60. The average molecular weight is 304 g/mol. The highest BCUT2D eigenvalue weighted by molar-refractivity contribution is 7.14. The minimum absolute atomic E-state index is 0.0560. The van der Waals surface area contributed by atoms with E-state index in [0.29, 0.717) is 18.0 Å². The smallest absolute Gasteiger partial charge is 0.261 e. The van der Waals surface area contributed by atoms with Gasteiger partial charge in [0, 0.05) is 9.75 Å². The Morgan fingerprint density at radius 2 is 2.15 bits per heavy atom. The van der Waals surface area contributed by atoms with E-state index < -0.39 is 0 Å². The molecule has 1 amide bonds. The van der Waals surface area contributed by atoms with Crippen LogP contribution >= 0.6 is 22.7 Å². The predicted octanol–water partition coefficient (Wildman–Crippen LogP) is 2.67. The van der Waals surface area contributed by atoms with E-state index >= 15 is 0 Å². The van der Waals surface area contributed by atoms with E-state index in [2.05, 4.69) is 37.1 Å². The summed E-state index contributed by atoms with van der Waals surface area (Å²) < 4.78 is 0. The van der Waals surface area contributed by atoms with Gasteiger partial charge in [-0.15, -0.1) is 22.7 Å². The summed E-state index contributed by atoms with van der Waals surface area (Å²) in [5.74, 6) is 5.66. The number of aryl methyl sites for hydroxylation is 2. The van der Waals surface area contributed by atoms with Crippen molar-refractivity contribution < 1.29 is 4.79 Å². The zero-order valence-corrected chi connectivity index (χ0v) is 13.1. The fourth-order valence-corrected chi connectivity index (χ4v) is 3.45. The predicted molar refractivity (Wildman–Crippen MR) is 85.2 cm³/mol. The van der Waals surface area contributed by atoms with E-state index in [4.69, 9.17) is 5.73 Å². The second kappa shape index (κ2) is 6.71. The summed E-state index contributed by atoms with van der Waals surface area (Å²) in [6, 6.07) is 5.76. The molecule has 104 valence electrons. The van der Waals surface area contributed by atoms with Gasteiger partial charge in [-0.2, -0.15) is 0 Å². The van der Waals surface area contributed by atoms with Crippen LogP contribution in [0.5, 0.6) is 0 Å². The van der Waals surface area contributed by atoms with Crippen molar-refractivity contribution in [1.82, 2.24) is 5.32 Å². The van der Waals surface area contributed by atoms with Crippen LogP contribution in [0.3, 0.4) is 0 Å². The minimum atomic E-state index is -0.0560. The molecule has 2 heterocycles. The molecule has 0 spiro atoms. The second-order valence-electron chi connectivity index (χ2n) is 4.30. The van der Waals surface area contributed by atoms with Crippen molar-refractivity contribution in [2.75, 3.05) is 6.54 Å². The van der Waals surface area contributed by atoms with E-state index in [1.165, 1.54) is 26.7 Å². The molecule has 5 heteroatoms. The molecule has 2 aromatic rings. The van der Waals surface area contributed by atoms with Gasteiger partial charge < -0.3 is 11.1 Å². The molecule has 0 saturated carbocycles. The lowest BCUT2D eigenvalue weighted by Gasteiger charge is -2.00. The number of nitrogens with two attached hydrogens (primary N) is 1. The molecule has 3 N–H and O–H groups in total. The topological polar surface area (TPSA) is 55.1 Å². The first-order valence-electron chi connectivity index (χ1n) is 6.23. The molecular formula is C15H16N2OS2. The van der Waals surface area contributed by atoms with Gasteiger partial charge in [-0.05, 0) is 37.6 Å². The summed E-state index contributed by atoms with van der Waals surface area (Å²) >= 11 is 3.11. The highest BCUT2D eigenvalue weighted by atomic mass is 32.1. The summed E-state index contributed by atoms with van der Waals surface area (Å²) in [5, 5.41) is 2.93. The summed E-state index contributed by atoms with van der Waals surface area (Å²) in [5.41, 5.74) is 6.59. The number of carbonyl (C=O) groups excluding carboxylic acids is 1. The van der Waals surface area contributed by atoms with Crippen molar-refractivity contribution in [3.05, 3.63) is 43.3 Å². The molecule has 0 aliphatic rings. The summed E-state index contributed by atoms with van der Waals surface area (Å²) in [6.07, 6.45) is 0. The monoisotopic (exact) mass is 304 g/mol. The van der Waals surface area contributed by atoms with Crippen LogP contribution in [0, 0.1) is 25.7 Å². The Hall–Kier alpha value is -1.61. The van der Waals surface area contributed by atoms with Crippen LogP contribution in [0.4, 0.5) is 0 Å². The normalized spacial score (nSPS) is 9.95. The zero-order chi connectivity index (χ0) is 14.5. The van der Waals surface area contributed by atoms with Crippen molar-refractivity contribution in [2.24, 2.45) is 5.73 Å². The summed E-state index contributed by atoms with van der Waals surface area (Å²) in [6.45, 7) is 5.07. The van der Waals surface area contributed by atoms with Gasteiger partial charge in [0.25, 0.3) is 5.91 Å².